The van der Waals surface area contributed by atoms with Gasteiger partial charge in [0.25, 0.3) is 0 Å². The molecule has 0 aliphatic rings. The van der Waals surface area contributed by atoms with Crippen molar-refractivity contribution < 1.29 is 17.9 Å². The second kappa shape index (κ2) is 6.75. The molecule has 0 radical (unpaired) electrons. The lowest BCUT2D eigenvalue weighted by Crippen LogP contribution is -2.23. The molecule has 0 unspecified atom stereocenters. The Morgan fingerprint density at radius 2 is 1.94 bits per heavy atom. The van der Waals surface area contributed by atoms with Gasteiger partial charge in [0.15, 0.2) is 0 Å². The maximum Gasteiger partial charge on any atom is 0.411 e. The number of halogens is 3. The van der Waals surface area contributed by atoms with Crippen molar-refractivity contribution in [3.8, 4) is 0 Å². The van der Waals surface area contributed by atoms with Crippen molar-refractivity contribution in [2.45, 2.75) is 26.6 Å². The molecule has 0 atom stereocenters. The molecule has 1 N–H and O–H groups in total. The molecule has 1 rings (SSSR count). The first-order valence-electron chi connectivity index (χ1n) is 5.80. The summed E-state index contributed by atoms with van der Waals surface area (Å²) in [6.07, 6.45) is -4.24. The van der Waals surface area contributed by atoms with Crippen molar-refractivity contribution in [2.24, 2.45) is 0 Å². The van der Waals surface area contributed by atoms with E-state index < -0.39 is 12.8 Å². The molecule has 0 heterocycles. The number of hydrogen-bond donors (Lipinski definition) is 1. The molecule has 0 aromatic heterocycles. The van der Waals surface area contributed by atoms with Crippen LogP contribution in [-0.4, -0.2) is 25.9 Å². The van der Waals surface area contributed by atoms with Gasteiger partial charge in [-0.1, -0.05) is 23.8 Å². The van der Waals surface area contributed by atoms with Crippen LogP contribution in [0.15, 0.2) is 18.2 Å². The maximum atomic E-state index is 11.8. The molecule has 2 nitrogen and oxygen atoms in total. The van der Waals surface area contributed by atoms with Gasteiger partial charge in [-0.3, -0.25) is 0 Å². The van der Waals surface area contributed by atoms with Crippen molar-refractivity contribution in [1.29, 1.82) is 0 Å². The molecule has 5 heteroatoms. The van der Waals surface area contributed by atoms with Crippen LogP contribution >= 0.6 is 0 Å². The summed E-state index contributed by atoms with van der Waals surface area (Å²) in [6, 6.07) is 6.14. The Bertz CT molecular complexity index is 377. The summed E-state index contributed by atoms with van der Waals surface area (Å²) in [4.78, 5) is 0. The van der Waals surface area contributed by atoms with E-state index in [0.29, 0.717) is 13.1 Å². The van der Waals surface area contributed by atoms with Crippen LogP contribution in [0.2, 0.25) is 0 Å². The normalized spacial score (nSPS) is 11.8. The molecule has 0 spiro atoms. The van der Waals surface area contributed by atoms with Gasteiger partial charge in [-0.25, -0.2) is 0 Å². The standard InChI is InChI=1S/C13H18F3NO/c1-10-3-4-11(2)12(7-10)8-17-5-6-18-9-13(14,15)16/h3-4,7,17H,5-6,8-9H2,1-2H3. The first-order valence-corrected chi connectivity index (χ1v) is 5.80. The van der Waals surface area contributed by atoms with Crippen molar-refractivity contribution >= 4 is 0 Å². The first-order chi connectivity index (χ1) is 8.38. The van der Waals surface area contributed by atoms with Gasteiger partial charge in [-0.15, -0.1) is 0 Å². The van der Waals surface area contributed by atoms with Crippen LogP contribution in [-0.2, 0) is 11.3 Å². The van der Waals surface area contributed by atoms with Crippen molar-refractivity contribution in [1.82, 2.24) is 5.32 Å². The Morgan fingerprint density at radius 1 is 1.22 bits per heavy atom. The van der Waals surface area contributed by atoms with E-state index in [0.717, 1.165) is 5.56 Å². The SMILES string of the molecule is Cc1ccc(C)c(CNCCOCC(F)(F)F)c1. The van der Waals surface area contributed by atoms with Crippen LogP contribution < -0.4 is 5.32 Å². The van der Waals surface area contributed by atoms with Crippen LogP contribution in [0, 0.1) is 13.8 Å². The van der Waals surface area contributed by atoms with E-state index in [9.17, 15) is 13.2 Å². The summed E-state index contributed by atoms with van der Waals surface area (Å²) in [5.41, 5.74) is 3.50. The zero-order valence-electron chi connectivity index (χ0n) is 10.6. The van der Waals surface area contributed by atoms with Gasteiger partial charge in [-0.2, -0.15) is 13.2 Å². The summed E-state index contributed by atoms with van der Waals surface area (Å²) in [5, 5.41) is 3.06. The molecule has 0 bridgehead atoms. The lowest BCUT2D eigenvalue weighted by Gasteiger charge is -2.10. The largest absolute Gasteiger partial charge is 0.411 e. The third-order valence-electron chi connectivity index (χ3n) is 2.51. The molecule has 0 aliphatic heterocycles. The van der Waals surface area contributed by atoms with E-state index in [4.69, 9.17) is 0 Å². The van der Waals surface area contributed by atoms with Crippen molar-refractivity contribution in [2.75, 3.05) is 19.8 Å². The number of rotatable bonds is 6. The number of nitrogens with one attached hydrogen (secondary N) is 1. The average molecular weight is 261 g/mol. The molecule has 1 aromatic rings. The summed E-state index contributed by atoms with van der Waals surface area (Å²) in [5.74, 6) is 0. The highest BCUT2D eigenvalue weighted by molar-refractivity contribution is 5.30. The third kappa shape index (κ3) is 6.02. The fourth-order valence-corrected chi connectivity index (χ4v) is 1.55. The third-order valence-corrected chi connectivity index (χ3v) is 2.51. The highest BCUT2D eigenvalue weighted by Crippen LogP contribution is 2.14. The zero-order chi connectivity index (χ0) is 13.6. The number of benzene rings is 1. The van der Waals surface area contributed by atoms with E-state index in [1.807, 2.05) is 26.0 Å². The maximum absolute atomic E-state index is 11.8. The van der Waals surface area contributed by atoms with E-state index in [-0.39, 0.29) is 6.61 Å². The molecule has 0 fully saturated rings. The Kier molecular flexibility index (Phi) is 5.62. The highest BCUT2D eigenvalue weighted by Gasteiger charge is 2.27. The summed E-state index contributed by atoms with van der Waals surface area (Å²) < 4.78 is 39.8. The fraction of sp³-hybridized carbons (Fsp3) is 0.538. The predicted molar refractivity (Wildman–Crippen MR) is 64.5 cm³/mol. The van der Waals surface area contributed by atoms with Crippen molar-refractivity contribution in [3.63, 3.8) is 0 Å². The predicted octanol–water partition coefficient (Wildman–Crippen LogP) is 2.97. The van der Waals surface area contributed by atoms with E-state index in [1.54, 1.807) is 0 Å². The lowest BCUT2D eigenvalue weighted by atomic mass is 10.1. The van der Waals surface area contributed by atoms with Crippen LogP contribution in [0.5, 0.6) is 0 Å². The molecular weight excluding hydrogens is 243 g/mol. The van der Waals surface area contributed by atoms with E-state index in [2.05, 4.69) is 16.1 Å². The van der Waals surface area contributed by atoms with Gasteiger partial charge in [0.05, 0.1) is 6.61 Å². The molecule has 1 aromatic carbocycles. The van der Waals surface area contributed by atoms with Gasteiger partial charge in [0.2, 0.25) is 0 Å². The van der Waals surface area contributed by atoms with Gasteiger partial charge in [-0.05, 0) is 25.0 Å². The van der Waals surface area contributed by atoms with Crippen LogP contribution in [0.4, 0.5) is 13.2 Å². The van der Waals surface area contributed by atoms with E-state index >= 15 is 0 Å². The Balaban J connectivity index is 2.20. The molecule has 0 aliphatic carbocycles. The fourth-order valence-electron chi connectivity index (χ4n) is 1.55. The average Bonchev–Trinajstić information content (AvgIpc) is 2.26. The van der Waals surface area contributed by atoms with Crippen LogP contribution in [0.1, 0.15) is 16.7 Å². The topological polar surface area (TPSA) is 21.3 Å². The minimum Gasteiger partial charge on any atom is -0.371 e. The summed E-state index contributed by atoms with van der Waals surface area (Å²) in [7, 11) is 0. The minimum atomic E-state index is -4.24. The molecule has 102 valence electrons. The van der Waals surface area contributed by atoms with Gasteiger partial charge >= 0.3 is 6.18 Å². The molecular formula is C13H18F3NO. The van der Waals surface area contributed by atoms with Gasteiger partial charge in [0.1, 0.15) is 6.61 Å². The minimum absolute atomic E-state index is 0.0599. The smallest absolute Gasteiger partial charge is 0.371 e. The number of alkyl halides is 3. The van der Waals surface area contributed by atoms with Crippen molar-refractivity contribution in [3.05, 3.63) is 34.9 Å². The monoisotopic (exact) mass is 261 g/mol. The first kappa shape index (κ1) is 15.0. The summed E-state index contributed by atoms with van der Waals surface area (Å²) >= 11 is 0. The molecule has 18 heavy (non-hydrogen) atoms. The number of ether oxygens (including phenoxy) is 1. The summed E-state index contributed by atoms with van der Waals surface area (Å²) in [6.45, 7) is 3.95. The Labute approximate surface area is 105 Å². The Hall–Kier alpha value is -1.07. The van der Waals surface area contributed by atoms with Crippen LogP contribution in [0.25, 0.3) is 0 Å². The quantitative estimate of drug-likeness (QED) is 0.795. The Morgan fingerprint density at radius 3 is 2.61 bits per heavy atom. The molecule has 0 saturated carbocycles. The number of hydrogen-bond acceptors (Lipinski definition) is 2. The van der Waals surface area contributed by atoms with E-state index in [1.165, 1.54) is 11.1 Å². The van der Waals surface area contributed by atoms with Crippen LogP contribution in [0.3, 0.4) is 0 Å². The lowest BCUT2D eigenvalue weighted by molar-refractivity contribution is -0.173. The highest BCUT2D eigenvalue weighted by atomic mass is 19.4. The molecule has 0 amide bonds. The van der Waals surface area contributed by atoms with Gasteiger partial charge in [0, 0.05) is 13.1 Å². The van der Waals surface area contributed by atoms with Gasteiger partial charge < -0.3 is 10.1 Å². The zero-order valence-corrected chi connectivity index (χ0v) is 10.6. The number of aryl methyl sites for hydroxylation is 2. The molecule has 0 saturated heterocycles. The second-order valence-electron chi connectivity index (χ2n) is 4.27. The second-order valence-corrected chi connectivity index (χ2v) is 4.27.